The van der Waals surface area contributed by atoms with Crippen LogP contribution in [0.15, 0.2) is 77.9 Å². The maximum atomic E-state index is 13.6. The number of likely N-dealkylation sites (tertiary alicyclic amines) is 1. The minimum absolute atomic E-state index is 0.0484. The minimum Gasteiger partial charge on any atom is -0.488 e. The summed E-state index contributed by atoms with van der Waals surface area (Å²) in [5, 5.41) is 5.86. The van der Waals surface area contributed by atoms with Gasteiger partial charge in [0.15, 0.2) is 6.61 Å². The van der Waals surface area contributed by atoms with Crippen LogP contribution in [-0.2, 0) is 11.3 Å². The standard InChI is InChI=1S/C31H29N5O6/c1-19-5-8-21-14-26(19)41-18-28(37)33-15-20-6-9-22(10-7-20)42-25-11-13-35(17-24(25)34-29(21)38)30(39)23-16-32-27-4-2-3-12-36(27)31(23)40/h2-10,12,14,16,24-25H,11,13,15,17-18H2,1H3,(H,33,37)(H,34,38)/t24-,25-/m0/s1. The van der Waals surface area contributed by atoms with Crippen molar-refractivity contribution in [3.8, 4) is 11.5 Å². The van der Waals surface area contributed by atoms with Gasteiger partial charge in [-0.3, -0.25) is 23.6 Å². The third-order valence-corrected chi connectivity index (χ3v) is 7.51. The molecule has 42 heavy (non-hydrogen) atoms. The van der Waals surface area contributed by atoms with Crippen LogP contribution in [-0.4, -0.2) is 63.8 Å². The number of carbonyl (C=O) groups excluding carboxylic acids is 3. The van der Waals surface area contributed by atoms with Gasteiger partial charge in [0.05, 0.1) is 6.04 Å². The molecule has 4 bridgehead atoms. The Labute approximate surface area is 241 Å². The zero-order valence-electron chi connectivity index (χ0n) is 22.9. The highest BCUT2D eigenvalue weighted by Crippen LogP contribution is 2.23. The van der Waals surface area contributed by atoms with Gasteiger partial charge >= 0.3 is 0 Å². The molecule has 0 saturated carbocycles. The van der Waals surface area contributed by atoms with Crippen molar-refractivity contribution in [1.82, 2.24) is 24.9 Å². The molecule has 4 aromatic rings. The van der Waals surface area contributed by atoms with Crippen LogP contribution in [0.4, 0.5) is 0 Å². The van der Waals surface area contributed by atoms with Crippen LogP contribution >= 0.6 is 0 Å². The first-order valence-corrected chi connectivity index (χ1v) is 13.7. The zero-order chi connectivity index (χ0) is 29.2. The summed E-state index contributed by atoms with van der Waals surface area (Å²) in [4.78, 5) is 58.3. The van der Waals surface area contributed by atoms with Gasteiger partial charge in [-0.25, -0.2) is 4.98 Å². The predicted octanol–water partition coefficient (Wildman–Crippen LogP) is 2.10. The number of fused-ring (bicyclic) bond motifs is 8. The van der Waals surface area contributed by atoms with Gasteiger partial charge in [-0.05, 0) is 54.4 Å². The quantitative estimate of drug-likeness (QED) is 0.360. The number of piperidine rings is 1. The second kappa shape index (κ2) is 11.4. The van der Waals surface area contributed by atoms with Crippen LogP contribution in [0.2, 0.25) is 0 Å². The molecule has 2 atom stereocenters. The lowest BCUT2D eigenvalue weighted by Crippen LogP contribution is -2.58. The lowest BCUT2D eigenvalue weighted by Gasteiger charge is -2.38. The van der Waals surface area contributed by atoms with Crippen molar-refractivity contribution in [3.63, 3.8) is 0 Å². The molecule has 2 aromatic carbocycles. The molecule has 214 valence electrons. The third kappa shape index (κ3) is 5.53. The molecular formula is C31H29N5O6. The van der Waals surface area contributed by atoms with Crippen LogP contribution in [0.3, 0.4) is 0 Å². The first-order chi connectivity index (χ1) is 20.4. The van der Waals surface area contributed by atoms with Gasteiger partial charge in [-0.2, -0.15) is 0 Å². The fourth-order valence-corrected chi connectivity index (χ4v) is 5.14. The Hall–Kier alpha value is -5.19. The minimum atomic E-state index is -0.587. The number of nitrogens with one attached hydrogen (secondary N) is 2. The summed E-state index contributed by atoms with van der Waals surface area (Å²) in [5.41, 5.74) is 1.94. The first-order valence-electron chi connectivity index (χ1n) is 13.7. The van der Waals surface area contributed by atoms with E-state index < -0.39 is 23.6 Å². The van der Waals surface area contributed by atoms with E-state index in [1.807, 2.05) is 19.1 Å². The number of aryl methyl sites for hydroxylation is 1. The van der Waals surface area contributed by atoms with E-state index >= 15 is 0 Å². The number of aromatic nitrogens is 2. The van der Waals surface area contributed by atoms with Crippen molar-refractivity contribution in [3.05, 3.63) is 106 Å². The molecule has 0 unspecified atom stereocenters. The Balaban J connectivity index is 1.30. The summed E-state index contributed by atoms with van der Waals surface area (Å²) in [6, 6.07) is 16.9. The SMILES string of the molecule is Cc1ccc2cc1OCC(=O)NCc1ccc(cc1)O[C@H]1CCN(C(=O)c3cnc4ccccn4c3=O)C[C@@H]1NC2=O. The average molecular weight is 568 g/mol. The van der Waals surface area contributed by atoms with Crippen LogP contribution < -0.4 is 25.7 Å². The molecule has 3 aliphatic rings. The normalized spacial score (nSPS) is 19.1. The van der Waals surface area contributed by atoms with Crippen molar-refractivity contribution in [2.45, 2.75) is 32.0 Å². The fourth-order valence-electron chi connectivity index (χ4n) is 5.14. The Kier molecular flexibility index (Phi) is 7.30. The topological polar surface area (TPSA) is 131 Å². The van der Waals surface area contributed by atoms with Crippen molar-refractivity contribution in [2.24, 2.45) is 0 Å². The fraction of sp³-hybridized carbons (Fsp3) is 0.258. The molecule has 2 aromatic heterocycles. The molecule has 0 spiro atoms. The second-order valence-electron chi connectivity index (χ2n) is 10.4. The van der Waals surface area contributed by atoms with E-state index in [-0.39, 0.29) is 30.5 Å². The van der Waals surface area contributed by atoms with Crippen LogP contribution in [0.5, 0.6) is 11.5 Å². The van der Waals surface area contributed by atoms with E-state index in [9.17, 15) is 19.2 Å². The molecule has 7 rings (SSSR count). The maximum absolute atomic E-state index is 13.6. The van der Waals surface area contributed by atoms with E-state index in [2.05, 4.69) is 15.6 Å². The Morgan fingerprint density at radius 1 is 1.05 bits per heavy atom. The molecule has 0 radical (unpaired) electrons. The number of rotatable bonds is 1. The number of carbonyl (C=O) groups is 3. The van der Waals surface area contributed by atoms with E-state index in [0.717, 1.165) is 11.1 Å². The zero-order valence-corrected chi connectivity index (χ0v) is 22.9. The van der Waals surface area contributed by atoms with Gasteiger partial charge < -0.3 is 25.0 Å². The molecule has 2 N–H and O–H groups in total. The Morgan fingerprint density at radius 2 is 1.88 bits per heavy atom. The van der Waals surface area contributed by atoms with Crippen LogP contribution in [0, 0.1) is 6.92 Å². The summed E-state index contributed by atoms with van der Waals surface area (Å²) < 4.78 is 13.4. The van der Waals surface area contributed by atoms with Gasteiger partial charge in [0.25, 0.3) is 23.3 Å². The molecule has 0 aliphatic carbocycles. The molecule has 5 heterocycles. The van der Waals surface area contributed by atoms with E-state index in [1.54, 1.807) is 59.6 Å². The highest BCUT2D eigenvalue weighted by Gasteiger charge is 2.35. The van der Waals surface area contributed by atoms with Gasteiger partial charge in [-0.1, -0.05) is 24.3 Å². The summed E-state index contributed by atoms with van der Waals surface area (Å²) in [6.07, 6.45) is 2.84. The molecule has 1 fully saturated rings. The van der Waals surface area contributed by atoms with E-state index in [4.69, 9.17) is 9.47 Å². The van der Waals surface area contributed by atoms with Gasteiger partial charge in [0, 0.05) is 44.0 Å². The second-order valence-corrected chi connectivity index (χ2v) is 10.4. The van der Waals surface area contributed by atoms with Gasteiger partial charge in [0.2, 0.25) is 0 Å². The highest BCUT2D eigenvalue weighted by atomic mass is 16.5. The van der Waals surface area contributed by atoms with Gasteiger partial charge in [-0.15, -0.1) is 0 Å². The Morgan fingerprint density at radius 3 is 2.71 bits per heavy atom. The smallest absolute Gasteiger partial charge is 0.270 e. The van der Waals surface area contributed by atoms with Gasteiger partial charge in [0.1, 0.15) is 28.8 Å². The number of ether oxygens (including phenoxy) is 2. The van der Waals surface area contributed by atoms with Crippen LogP contribution in [0.25, 0.3) is 5.65 Å². The van der Waals surface area contributed by atoms with Crippen molar-refractivity contribution in [1.29, 1.82) is 0 Å². The molecule has 3 amide bonds. The number of hydrogen-bond donors (Lipinski definition) is 2. The molecular weight excluding hydrogens is 538 g/mol. The summed E-state index contributed by atoms with van der Waals surface area (Å²) in [6.45, 7) is 2.40. The summed E-state index contributed by atoms with van der Waals surface area (Å²) in [7, 11) is 0. The predicted molar refractivity (Wildman–Crippen MR) is 153 cm³/mol. The molecule has 11 nitrogen and oxygen atoms in total. The Bertz CT molecular complexity index is 1730. The first kappa shape index (κ1) is 27.0. The molecule has 11 heteroatoms. The lowest BCUT2D eigenvalue weighted by molar-refractivity contribution is -0.123. The summed E-state index contributed by atoms with van der Waals surface area (Å²) in [5.74, 6) is -0.121. The van der Waals surface area contributed by atoms with E-state index in [0.29, 0.717) is 42.2 Å². The highest BCUT2D eigenvalue weighted by molar-refractivity contribution is 5.96. The number of benzene rings is 2. The summed E-state index contributed by atoms with van der Waals surface area (Å²) >= 11 is 0. The lowest BCUT2D eigenvalue weighted by atomic mass is 10.00. The number of hydrogen-bond acceptors (Lipinski definition) is 7. The average Bonchev–Trinajstić information content (AvgIpc) is 3.01. The maximum Gasteiger partial charge on any atom is 0.270 e. The van der Waals surface area contributed by atoms with Crippen molar-refractivity contribution < 1.29 is 23.9 Å². The largest absolute Gasteiger partial charge is 0.488 e. The van der Waals surface area contributed by atoms with Crippen molar-refractivity contribution in [2.75, 3.05) is 19.7 Å². The number of pyridine rings is 1. The molecule has 3 aliphatic heterocycles. The van der Waals surface area contributed by atoms with Crippen LogP contribution in [0.1, 0.15) is 38.3 Å². The monoisotopic (exact) mass is 567 g/mol. The van der Waals surface area contributed by atoms with Crippen molar-refractivity contribution >= 4 is 23.4 Å². The number of amides is 3. The van der Waals surface area contributed by atoms with E-state index in [1.165, 1.54) is 10.6 Å². The molecule has 1 saturated heterocycles. The third-order valence-electron chi connectivity index (χ3n) is 7.51. The number of nitrogens with zero attached hydrogens (tertiary/aromatic N) is 3.